The zero-order valence-electron chi connectivity index (χ0n) is 11.3. The fourth-order valence-electron chi connectivity index (χ4n) is 2.67. The van der Waals surface area contributed by atoms with Crippen LogP contribution in [0.1, 0.15) is 50.5 Å². The second kappa shape index (κ2) is 7.54. The van der Waals surface area contributed by atoms with Crippen molar-refractivity contribution in [2.75, 3.05) is 0 Å². The second-order valence-corrected chi connectivity index (χ2v) is 5.85. The maximum absolute atomic E-state index is 12.0. The van der Waals surface area contributed by atoms with E-state index in [1.54, 1.807) is 0 Å². The maximum Gasteiger partial charge on any atom is 0.224 e. The van der Waals surface area contributed by atoms with E-state index < -0.39 is 0 Å². The van der Waals surface area contributed by atoms with E-state index in [2.05, 4.69) is 5.32 Å². The molecule has 0 spiro atoms. The molecule has 0 aliphatic heterocycles. The van der Waals surface area contributed by atoms with Crippen molar-refractivity contribution in [3.8, 4) is 0 Å². The predicted octanol–water partition coefficient (Wildman–Crippen LogP) is 4.11. The third-order valence-electron chi connectivity index (χ3n) is 3.75. The van der Waals surface area contributed by atoms with E-state index in [-0.39, 0.29) is 5.91 Å². The fraction of sp³-hybridized carbons (Fsp3) is 0.562. The van der Waals surface area contributed by atoms with Crippen molar-refractivity contribution in [1.29, 1.82) is 0 Å². The number of nitrogens with one attached hydrogen (secondary N) is 1. The highest BCUT2D eigenvalue weighted by Gasteiger charge is 2.14. The lowest BCUT2D eigenvalue weighted by molar-refractivity contribution is -0.121. The van der Waals surface area contributed by atoms with Gasteiger partial charge >= 0.3 is 0 Å². The summed E-state index contributed by atoms with van der Waals surface area (Å²) in [6.07, 6.45) is 9.17. The molecule has 19 heavy (non-hydrogen) atoms. The summed E-state index contributed by atoms with van der Waals surface area (Å²) < 4.78 is 0. The molecule has 0 unspecified atom stereocenters. The van der Waals surface area contributed by atoms with Gasteiger partial charge in [-0.3, -0.25) is 4.79 Å². The largest absolute Gasteiger partial charge is 0.353 e. The zero-order valence-corrected chi connectivity index (χ0v) is 12.1. The van der Waals surface area contributed by atoms with Gasteiger partial charge in [0.1, 0.15) is 0 Å². The Balaban J connectivity index is 1.80. The normalized spacial score (nSPS) is 17.5. The molecule has 1 aliphatic rings. The lowest BCUT2D eigenvalue weighted by Crippen LogP contribution is -2.36. The molecule has 0 bridgehead atoms. The van der Waals surface area contributed by atoms with Crippen molar-refractivity contribution < 1.29 is 4.79 Å². The van der Waals surface area contributed by atoms with Crippen LogP contribution in [0.25, 0.3) is 0 Å². The number of carbonyl (C=O) groups is 1. The lowest BCUT2D eigenvalue weighted by atomic mass is 9.96. The van der Waals surface area contributed by atoms with E-state index in [4.69, 9.17) is 11.6 Å². The average molecular weight is 280 g/mol. The fourth-order valence-corrected chi connectivity index (χ4v) is 2.79. The molecule has 1 aliphatic carbocycles. The Morgan fingerprint density at radius 1 is 1.05 bits per heavy atom. The SMILES string of the molecule is O=C(Cc1ccc(Cl)cc1)NC1CCCCCCC1. The Morgan fingerprint density at radius 2 is 1.63 bits per heavy atom. The summed E-state index contributed by atoms with van der Waals surface area (Å²) in [4.78, 5) is 12.0. The van der Waals surface area contributed by atoms with E-state index in [1.165, 1.54) is 32.1 Å². The van der Waals surface area contributed by atoms with Crippen LogP contribution in [0.15, 0.2) is 24.3 Å². The third-order valence-corrected chi connectivity index (χ3v) is 4.00. The maximum atomic E-state index is 12.0. The van der Waals surface area contributed by atoms with Crippen LogP contribution in [0.5, 0.6) is 0 Å². The molecule has 0 radical (unpaired) electrons. The summed E-state index contributed by atoms with van der Waals surface area (Å²) in [5.74, 6) is 0.132. The molecule has 1 N–H and O–H groups in total. The van der Waals surface area contributed by atoms with Gasteiger partial charge < -0.3 is 5.32 Å². The van der Waals surface area contributed by atoms with Crippen molar-refractivity contribution in [2.45, 2.75) is 57.4 Å². The van der Waals surface area contributed by atoms with Gasteiger partial charge in [-0.15, -0.1) is 0 Å². The van der Waals surface area contributed by atoms with Gasteiger partial charge in [-0.25, -0.2) is 0 Å². The van der Waals surface area contributed by atoms with E-state index in [0.717, 1.165) is 18.4 Å². The van der Waals surface area contributed by atoms with Crippen molar-refractivity contribution in [2.24, 2.45) is 0 Å². The Kier molecular flexibility index (Phi) is 5.71. The first kappa shape index (κ1) is 14.4. The molecule has 1 aromatic carbocycles. The highest BCUT2D eigenvalue weighted by atomic mass is 35.5. The molecular weight excluding hydrogens is 258 g/mol. The monoisotopic (exact) mass is 279 g/mol. The Bertz CT molecular complexity index is 394. The van der Waals surface area contributed by atoms with E-state index in [1.807, 2.05) is 24.3 Å². The van der Waals surface area contributed by atoms with Crippen LogP contribution in [0.4, 0.5) is 0 Å². The molecular formula is C16H22ClNO. The Hall–Kier alpha value is -1.02. The summed E-state index contributed by atoms with van der Waals surface area (Å²) in [6, 6.07) is 7.88. The van der Waals surface area contributed by atoms with Gasteiger partial charge in [-0.2, -0.15) is 0 Å². The van der Waals surface area contributed by atoms with Crippen molar-refractivity contribution in [3.05, 3.63) is 34.9 Å². The minimum atomic E-state index is 0.132. The van der Waals surface area contributed by atoms with Crippen molar-refractivity contribution in [1.82, 2.24) is 5.32 Å². The lowest BCUT2D eigenvalue weighted by Gasteiger charge is -2.21. The van der Waals surface area contributed by atoms with Crippen LogP contribution in [0.3, 0.4) is 0 Å². The van der Waals surface area contributed by atoms with Crippen LogP contribution < -0.4 is 5.32 Å². The Labute approximate surface area is 120 Å². The summed E-state index contributed by atoms with van der Waals surface area (Å²) in [7, 11) is 0. The highest BCUT2D eigenvalue weighted by Crippen LogP contribution is 2.17. The van der Waals surface area contributed by atoms with Gasteiger partial charge in [0.2, 0.25) is 5.91 Å². The molecule has 1 amide bonds. The summed E-state index contributed by atoms with van der Waals surface area (Å²) >= 11 is 5.84. The Morgan fingerprint density at radius 3 is 2.26 bits per heavy atom. The van der Waals surface area contributed by atoms with Gasteiger partial charge in [0, 0.05) is 11.1 Å². The van der Waals surface area contributed by atoms with Crippen molar-refractivity contribution in [3.63, 3.8) is 0 Å². The molecule has 2 nitrogen and oxygen atoms in total. The number of benzene rings is 1. The first-order valence-corrected chi connectivity index (χ1v) is 7.65. The molecule has 0 aromatic heterocycles. The quantitative estimate of drug-likeness (QED) is 0.886. The van der Waals surface area contributed by atoms with E-state index in [9.17, 15) is 4.79 Å². The van der Waals surface area contributed by atoms with Crippen LogP contribution in [-0.4, -0.2) is 11.9 Å². The third kappa shape index (κ3) is 5.23. The first-order valence-electron chi connectivity index (χ1n) is 7.28. The van der Waals surface area contributed by atoms with Gasteiger partial charge in [0.05, 0.1) is 6.42 Å². The van der Waals surface area contributed by atoms with Gasteiger partial charge in [0.15, 0.2) is 0 Å². The van der Waals surface area contributed by atoms with Gasteiger partial charge in [-0.1, -0.05) is 55.8 Å². The molecule has 1 fully saturated rings. The molecule has 0 atom stereocenters. The zero-order chi connectivity index (χ0) is 13.5. The van der Waals surface area contributed by atoms with Gasteiger partial charge in [0.25, 0.3) is 0 Å². The van der Waals surface area contributed by atoms with Crippen LogP contribution >= 0.6 is 11.6 Å². The smallest absolute Gasteiger partial charge is 0.224 e. The number of halogens is 1. The standard InChI is InChI=1S/C16H22ClNO/c17-14-10-8-13(9-11-14)12-16(19)18-15-6-4-2-1-3-5-7-15/h8-11,15H,1-7,12H2,(H,18,19). The minimum absolute atomic E-state index is 0.132. The topological polar surface area (TPSA) is 29.1 Å². The predicted molar refractivity (Wildman–Crippen MR) is 79.4 cm³/mol. The molecule has 2 rings (SSSR count). The van der Waals surface area contributed by atoms with Crippen LogP contribution in [0.2, 0.25) is 5.02 Å². The van der Waals surface area contributed by atoms with E-state index >= 15 is 0 Å². The second-order valence-electron chi connectivity index (χ2n) is 5.41. The van der Waals surface area contributed by atoms with Crippen LogP contribution in [0, 0.1) is 0 Å². The number of amides is 1. The van der Waals surface area contributed by atoms with Gasteiger partial charge in [-0.05, 0) is 30.5 Å². The van der Waals surface area contributed by atoms with Crippen molar-refractivity contribution >= 4 is 17.5 Å². The molecule has 3 heteroatoms. The first-order chi connectivity index (χ1) is 9.24. The summed E-state index contributed by atoms with van der Waals surface area (Å²) in [6.45, 7) is 0. The summed E-state index contributed by atoms with van der Waals surface area (Å²) in [5, 5.41) is 3.89. The minimum Gasteiger partial charge on any atom is -0.353 e. The number of hydrogen-bond acceptors (Lipinski definition) is 1. The highest BCUT2D eigenvalue weighted by molar-refractivity contribution is 6.30. The molecule has 104 valence electrons. The average Bonchev–Trinajstić information content (AvgIpc) is 2.35. The van der Waals surface area contributed by atoms with E-state index in [0.29, 0.717) is 17.5 Å². The number of carbonyl (C=O) groups excluding carboxylic acids is 1. The molecule has 1 aromatic rings. The number of rotatable bonds is 3. The molecule has 0 heterocycles. The van der Waals surface area contributed by atoms with Crippen LogP contribution in [-0.2, 0) is 11.2 Å². The number of hydrogen-bond donors (Lipinski definition) is 1. The molecule has 1 saturated carbocycles. The summed E-state index contributed by atoms with van der Waals surface area (Å²) in [5.41, 5.74) is 1.02. The molecule has 0 saturated heterocycles.